The second-order valence-corrected chi connectivity index (χ2v) is 4.16. The van der Waals surface area contributed by atoms with Crippen LogP contribution in [0.15, 0.2) is 24.3 Å². The molecule has 0 unspecified atom stereocenters. The number of carbonyl (C=O) groups excluding carboxylic acids is 2. The van der Waals surface area contributed by atoms with Crippen molar-refractivity contribution in [2.45, 2.75) is 13.8 Å². The highest BCUT2D eigenvalue weighted by molar-refractivity contribution is 5.96. The Kier molecular flexibility index (Phi) is 6.99. The molecule has 0 saturated heterocycles. The van der Waals surface area contributed by atoms with E-state index in [-0.39, 0.29) is 19.1 Å². The highest BCUT2D eigenvalue weighted by Gasteiger charge is 2.17. The quantitative estimate of drug-likeness (QED) is 0.650. The Labute approximate surface area is 124 Å². The van der Waals surface area contributed by atoms with Gasteiger partial charge in [-0.25, -0.2) is 0 Å². The van der Waals surface area contributed by atoms with Crippen molar-refractivity contribution in [3.8, 4) is 11.8 Å². The zero-order valence-electron chi connectivity index (χ0n) is 12.3. The molecule has 112 valence electrons. The molecule has 1 N–H and O–H groups in total. The molecule has 0 spiro atoms. The number of benzene rings is 1. The van der Waals surface area contributed by atoms with E-state index in [1.54, 1.807) is 38.1 Å². The van der Waals surface area contributed by atoms with E-state index in [9.17, 15) is 9.59 Å². The van der Waals surface area contributed by atoms with Crippen LogP contribution in [-0.4, -0.2) is 48.2 Å². The van der Waals surface area contributed by atoms with Crippen molar-refractivity contribution in [3.63, 3.8) is 0 Å². The molecule has 1 aromatic carbocycles. The van der Waals surface area contributed by atoms with Crippen LogP contribution < -0.4 is 0 Å². The van der Waals surface area contributed by atoms with Gasteiger partial charge in [0.1, 0.15) is 13.2 Å². The summed E-state index contributed by atoms with van der Waals surface area (Å²) in [5.41, 5.74) is 1.20. The number of ether oxygens (including phenoxy) is 1. The van der Waals surface area contributed by atoms with Crippen LogP contribution in [-0.2, 0) is 9.53 Å². The summed E-state index contributed by atoms with van der Waals surface area (Å²) in [4.78, 5) is 25.2. The Bertz CT molecular complexity index is 540. The van der Waals surface area contributed by atoms with Gasteiger partial charge in [0.15, 0.2) is 0 Å². The average Bonchev–Trinajstić information content (AvgIpc) is 2.50. The molecule has 0 aliphatic carbocycles. The van der Waals surface area contributed by atoms with Crippen LogP contribution in [0.4, 0.5) is 0 Å². The number of amides is 1. The summed E-state index contributed by atoms with van der Waals surface area (Å²) < 4.78 is 4.85. The fraction of sp³-hybridized carbons (Fsp3) is 0.375. The number of likely N-dealkylation sites (N-methyl/N-ethyl adjacent to an activating group) is 1. The molecule has 0 aliphatic rings. The lowest BCUT2D eigenvalue weighted by atomic mass is 10.1. The van der Waals surface area contributed by atoms with Gasteiger partial charge in [0.05, 0.1) is 6.61 Å². The second-order valence-electron chi connectivity index (χ2n) is 4.16. The third kappa shape index (κ3) is 5.28. The van der Waals surface area contributed by atoms with E-state index in [1.165, 1.54) is 4.90 Å². The lowest BCUT2D eigenvalue weighted by Gasteiger charge is -2.19. The molecule has 0 radical (unpaired) electrons. The van der Waals surface area contributed by atoms with E-state index in [0.29, 0.717) is 24.3 Å². The molecule has 5 heteroatoms. The van der Waals surface area contributed by atoms with Crippen molar-refractivity contribution in [1.29, 1.82) is 0 Å². The molecule has 0 aromatic heterocycles. The summed E-state index contributed by atoms with van der Waals surface area (Å²) >= 11 is 0. The normalized spacial score (nSPS) is 9.48. The average molecular weight is 289 g/mol. The Morgan fingerprint density at radius 3 is 2.43 bits per heavy atom. The molecule has 0 fully saturated rings. The molecular formula is C16H19NO4. The van der Waals surface area contributed by atoms with Crippen LogP contribution in [0, 0.1) is 11.8 Å². The highest BCUT2D eigenvalue weighted by atomic mass is 16.5. The van der Waals surface area contributed by atoms with Crippen LogP contribution in [0.5, 0.6) is 0 Å². The number of esters is 1. The number of carbonyl (C=O) groups is 2. The summed E-state index contributed by atoms with van der Waals surface area (Å²) in [6.45, 7) is 3.98. The van der Waals surface area contributed by atoms with Crippen molar-refractivity contribution in [2.24, 2.45) is 0 Å². The maximum absolute atomic E-state index is 12.3. The Morgan fingerprint density at radius 1 is 1.24 bits per heavy atom. The zero-order valence-corrected chi connectivity index (χ0v) is 12.3. The molecule has 0 heterocycles. The SMILES string of the molecule is CCOC(=O)CN(CC)C(=O)c1ccc(C#CCO)cc1. The smallest absolute Gasteiger partial charge is 0.325 e. The third-order valence-corrected chi connectivity index (χ3v) is 2.74. The maximum atomic E-state index is 12.3. The first-order chi connectivity index (χ1) is 10.1. The first-order valence-corrected chi connectivity index (χ1v) is 6.77. The van der Waals surface area contributed by atoms with Gasteiger partial charge < -0.3 is 14.7 Å². The molecule has 1 rings (SSSR count). The largest absolute Gasteiger partial charge is 0.465 e. The van der Waals surface area contributed by atoms with Crippen molar-refractivity contribution in [3.05, 3.63) is 35.4 Å². The van der Waals surface area contributed by atoms with Gasteiger partial charge in [-0.3, -0.25) is 9.59 Å². The number of aliphatic hydroxyl groups excluding tert-OH is 1. The first-order valence-electron chi connectivity index (χ1n) is 6.77. The summed E-state index contributed by atoms with van der Waals surface area (Å²) in [6.07, 6.45) is 0. The highest BCUT2D eigenvalue weighted by Crippen LogP contribution is 2.07. The van der Waals surface area contributed by atoms with Crippen LogP contribution in [0.2, 0.25) is 0 Å². The van der Waals surface area contributed by atoms with Crippen molar-refractivity contribution < 1.29 is 19.4 Å². The first kappa shape index (κ1) is 16.7. The minimum atomic E-state index is -0.418. The molecule has 5 nitrogen and oxygen atoms in total. The molecular weight excluding hydrogens is 270 g/mol. The van der Waals surface area contributed by atoms with E-state index in [0.717, 1.165) is 0 Å². The fourth-order valence-electron chi connectivity index (χ4n) is 1.71. The predicted octanol–water partition coefficient (Wildman–Crippen LogP) is 1.06. The van der Waals surface area contributed by atoms with Gasteiger partial charge in [-0.2, -0.15) is 0 Å². The van der Waals surface area contributed by atoms with Crippen LogP contribution in [0.1, 0.15) is 29.8 Å². The molecule has 0 aliphatic heterocycles. The molecule has 0 bridgehead atoms. The van der Waals surface area contributed by atoms with E-state index < -0.39 is 5.97 Å². The third-order valence-electron chi connectivity index (χ3n) is 2.74. The van der Waals surface area contributed by atoms with Crippen molar-refractivity contribution in [2.75, 3.05) is 26.3 Å². The van der Waals surface area contributed by atoms with Gasteiger partial charge in [0.2, 0.25) is 0 Å². The summed E-state index contributed by atoms with van der Waals surface area (Å²) in [7, 11) is 0. The van der Waals surface area contributed by atoms with E-state index in [1.807, 2.05) is 0 Å². The standard InChI is InChI=1S/C16H19NO4/c1-3-17(12-15(19)21-4-2)16(20)14-9-7-13(8-10-14)6-5-11-18/h7-10,18H,3-4,11-12H2,1-2H3. The van der Waals surface area contributed by atoms with Crippen molar-refractivity contribution >= 4 is 11.9 Å². The topological polar surface area (TPSA) is 66.8 Å². The van der Waals surface area contributed by atoms with Gasteiger partial charge in [0, 0.05) is 17.7 Å². The van der Waals surface area contributed by atoms with Crippen LogP contribution >= 0.6 is 0 Å². The Hall–Kier alpha value is -2.32. The van der Waals surface area contributed by atoms with E-state index >= 15 is 0 Å². The summed E-state index contributed by atoms with van der Waals surface area (Å²) in [5.74, 6) is 4.64. The summed E-state index contributed by atoms with van der Waals surface area (Å²) in [6, 6.07) is 6.71. The second kappa shape index (κ2) is 8.77. The monoisotopic (exact) mass is 289 g/mol. The number of nitrogens with zero attached hydrogens (tertiary/aromatic N) is 1. The van der Waals surface area contributed by atoms with Gasteiger partial charge >= 0.3 is 5.97 Å². The number of hydrogen-bond donors (Lipinski definition) is 1. The van der Waals surface area contributed by atoms with Crippen LogP contribution in [0.3, 0.4) is 0 Å². The minimum absolute atomic E-state index is 0.0603. The number of rotatable bonds is 5. The lowest BCUT2D eigenvalue weighted by Crippen LogP contribution is -2.36. The van der Waals surface area contributed by atoms with Gasteiger partial charge in [-0.1, -0.05) is 11.8 Å². The fourth-order valence-corrected chi connectivity index (χ4v) is 1.71. The van der Waals surface area contributed by atoms with Gasteiger partial charge in [-0.15, -0.1) is 0 Å². The predicted molar refractivity (Wildman–Crippen MR) is 78.6 cm³/mol. The molecule has 0 atom stereocenters. The number of hydrogen-bond acceptors (Lipinski definition) is 4. The number of aliphatic hydroxyl groups is 1. The molecule has 1 aromatic rings. The van der Waals surface area contributed by atoms with Gasteiger partial charge in [-0.05, 0) is 38.1 Å². The van der Waals surface area contributed by atoms with Crippen LogP contribution in [0.25, 0.3) is 0 Å². The maximum Gasteiger partial charge on any atom is 0.325 e. The zero-order chi connectivity index (χ0) is 15.7. The minimum Gasteiger partial charge on any atom is -0.465 e. The Balaban J connectivity index is 2.78. The van der Waals surface area contributed by atoms with E-state index in [4.69, 9.17) is 9.84 Å². The molecule has 1 amide bonds. The van der Waals surface area contributed by atoms with Crippen molar-refractivity contribution in [1.82, 2.24) is 4.90 Å². The molecule has 0 saturated carbocycles. The lowest BCUT2D eigenvalue weighted by molar-refractivity contribution is -0.143. The van der Waals surface area contributed by atoms with Gasteiger partial charge in [0.25, 0.3) is 5.91 Å². The Morgan fingerprint density at radius 2 is 1.90 bits per heavy atom. The summed E-state index contributed by atoms with van der Waals surface area (Å²) in [5, 5.41) is 8.62. The van der Waals surface area contributed by atoms with E-state index in [2.05, 4.69) is 11.8 Å². The molecule has 21 heavy (non-hydrogen) atoms.